The van der Waals surface area contributed by atoms with Crippen molar-refractivity contribution in [3.05, 3.63) is 29.8 Å². The van der Waals surface area contributed by atoms with E-state index in [0.717, 1.165) is 36.9 Å². The fourth-order valence-electron chi connectivity index (χ4n) is 1.67. The van der Waals surface area contributed by atoms with Gasteiger partial charge < -0.3 is 11.1 Å². The summed E-state index contributed by atoms with van der Waals surface area (Å²) in [4.78, 5) is 11.6. The van der Waals surface area contributed by atoms with Gasteiger partial charge in [-0.1, -0.05) is 12.1 Å². The van der Waals surface area contributed by atoms with E-state index in [2.05, 4.69) is 11.2 Å². The maximum Gasteiger partial charge on any atom is 0.220 e. The summed E-state index contributed by atoms with van der Waals surface area (Å²) in [6.45, 7) is 0.706. The van der Waals surface area contributed by atoms with Crippen LogP contribution in [0.1, 0.15) is 31.2 Å². The quantitative estimate of drug-likeness (QED) is 0.438. The van der Waals surface area contributed by atoms with Crippen molar-refractivity contribution in [2.75, 3.05) is 12.3 Å². The number of hydrogen-bond donors (Lipinski definition) is 2. The zero-order valence-corrected chi connectivity index (χ0v) is 10.6. The Hall–Kier alpha value is -1.95. The summed E-state index contributed by atoms with van der Waals surface area (Å²) in [5, 5.41) is 2.89. The Morgan fingerprint density at radius 3 is 2.94 bits per heavy atom. The second kappa shape index (κ2) is 8.19. The van der Waals surface area contributed by atoms with E-state index in [1.807, 2.05) is 24.3 Å². The molecule has 3 N–H and O–H groups in total. The van der Waals surface area contributed by atoms with Gasteiger partial charge >= 0.3 is 0 Å². The highest BCUT2D eigenvalue weighted by atomic mass is 16.1. The number of aryl methyl sites for hydroxylation is 1. The van der Waals surface area contributed by atoms with Crippen LogP contribution in [0.15, 0.2) is 24.3 Å². The van der Waals surface area contributed by atoms with Crippen molar-refractivity contribution in [2.24, 2.45) is 0 Å². The standard InChI is InChI=1S/C15H20N2O/c1-2-3-4-5-11-17-15(18)10-9-13-7-6-8-14(16)12-13/h1,6-8,12H,3-5,9-11,16H2,(H,17,18). The molecule has 18 heavy (non-hydrogen) atoms. The van der Waals surface area contributed by atoms with Crippen LogP contribution in [-0.4, -0.2) is 12.5 Å². The number of rotatable bonds is 7. The highest BCUT2D eigenvalue weighted by molar-refractivity contribution is 5.76. The number of terminal acetylenes is 1. The Morgan fingerprint density at radius 1 is 1.39 bits per heavy atom. The maximum atomic E-state index is 11.6. The number of anilines is 1. The van der Waals surface area contributed by atoms with E-state index >= 15 is 0 Å². The van der Waals surface area contributed by atoms with Gasteiger partial charge in [0, 0.05) is 25.1 Å². The van der Waals surface area contributed by atoms with E-state index in [1.165, 1.54) is 0 Å². The van der Waals surface area contributed by atoms with Gasteiger partial charge in [0.15, 0.2) is 0 Å². The lowest BCUT2D eigenvalue weighted by Crippen LogP contribution is -2.24. The Morgan fingerprint density at radius 2 is 2.22 bits per heavy atom. The van der Waals surface area contributed by atoms with Crippen LogP contribution in [0.4, 0.5) is 5.69 Å². The molecule has 1 amide bonds. The molecule has 0 aromatic heterocycles. The van der Waals surface area contributed by atoms with Gasteiger partial charge in [-0.2, -0.15) is 0 Å². The fraction of sp³-hybridized carbons (Fsp3) is 0.400. The third kappa shape index (κ3) is 5.95. The molecule has 96 valence electrons. The van der Waals surface area contributed by atoms with Gasteiger partial charge in [-0.3, -0.25) is 4.79 Å². The zero-order chi connectivity index (χ0) is 13.2. The summed E-state index contributed by atoms with van der Waals surface area (Å²) in [5.41, 5.74) is 7.51. The normalized spacial score (nSPS) is 9.72. The van der Waals surface area contributed by atoms with Crippen LogP contribution in [0.3, 0.4) is 0 Å². The minimum absolute atomic E-state index is 0.0816. The lowest BCUT2D eigenvalue weighted by atomic mass is 10.1. The van der Waals surface area contributed by atoms with Crippen LogP contribution in [0.2, 0.25) is 0 Å². The molecule has 0 aliphatic carbocycles. The Labute approximate surface area is 109 Å². The number of nitrogens with one attached hydrogen (secondary N) is 1. The molecule has 0 heterocycles. The van der Waals surface area contributed by atoms with Crippen molar-refractivity contribution in [1.82, 2.24) is 5.32 Å². The number of benzene rings is 1. The van der Waals surface area contributed by atoms with Gasteiger partial charge in [-0.25, -0.2) is 0 Å². The molecule has 0 saturated carbocycles. The van der Waals surface area contributed by atoms with Gasteiger partial charge in [0.2, 0.25) is 5.91 Å². The lowest BCUT2D eigenvalue weighted by molar-refractivity contribution is -0.121. The zero-order valence-electron chi connectivity index (χ0n) is 10.6. The fourth-order valence-corrected chi connectivity index (χ4v) is 1.67. The summed E-state index contributed by atoms with van der Waals surface area (Å²) in [5.74, 6) is 2.66. The summed E-state index contributed by atoms with van der Waals surface area (Å²) in [6.07, 6.45) is 9.05. The molecule has 1 aromatic carbocycles. The first kappa shape index (κ1) is 14.1. The number of hydrogen-bond acceptors (Lipinski definition) is 2. The van der Waals surface area contributed by atoms with E-state index in [-0.39, 0.29) is 5.91 Å². The Bertz CT molecular complexity index is 421. The van der Waals surface area contributed by atoms with Gasteiger partial charge in [0.25, 0.3) is 0 Å². The number of nitrogens with two attached hydrogens (primary N) is 1. The summed E-state index contributed by atoms with van der Waals surface area (Å²) in [7, 11) is 0. The number of nitrogen functional groups attached to an aromatic ring is 1. The predicted molar refractivity (Wildman–Crippen MR) is 74.9 cm³/mol. The molecule has 1 rings (SSSR count). The summed E-state index contributed by atoms with van der Waals surface area (Å²) in [6, 6.07) is 7.63. The first-order valence-corrected chi connectivity index (χ1v) is 6.27. The molecule has 0 bridgehead atoms. The lowest BCUT2D eigenvalue weighted by Gasteiger charge is -2.05. The molecule has 0 spiro atoms. The number of carbonyl (C=O) groups is 1. The highest BCUT2D eigenvalue weighted by Crippen LogP contribution is 2.08. The Balaban J connectivity index is 2.15. The number of carbonyl (C=O) groups excluding carboxylic acids is 1. The van der Waals surface area contributed by atoms with Crippen LogP contribution in [0.25, 0.3) is 0 Å². The topological polar surface area (TPSA) is 55.1 Å². The van der Waals surface area contributed by atoms with Crippen molar-refractivity contribution in [2.45, 2.75) is 32.1 Å². The first-order chi connectivity index (χ1) is 8.72. The van der Waals surface area contributed by atoms with E-state index in [9.17, 15) is 4.79 Å². The highest BCUT2D eigenvalue weighted by Gasteiger charge is 2.01. The van der Waals surface area contributed by atoms with E-state index in [4.69, 9.17) is 12.2 Å². The summed E-state index contributed by atoms with van der Waals surface area (Å²) < 4.78 is 0. The number of amides is 1. The molecule has 0 fully saturated rings. The maximum absolute atomic E-state index is 11.6. The molecule has 0 saturated heterocycles. The molecule has 0 atom stereocenters. The first-order valence-electron chi connectivity index (χ1n) is 6.27. The summed E-state index contributed by atoms with van der Waals surface area (Å²) >= 11 is 0. The van der Waals surface area contributed by atoms with Crippen molar-refractivity contribution >= 4 is 11.6 Å². The van der Waals surface area contributed by atoms with Crippen LogP contribution in [0, 0.1) is 12.3 Å². The van der Waals surface area contributed by atoms with Crippen LogP contribution < -0.4 is 11.1 Å². The SMILES string of the molecule is C#CCCCCNC(=O)CCc1cccc(N)c1. The minimum Gasteiger partial charge on any atom is -0.399 e. The average molecular weight is 244 g/mol. The molecule has 3 nitrogen and oxygen atoms in total. The van der Waals surface area contributed by atoms with E-state index in [0.29, 0.717) is 13.0 Å². The smallest absolute Gasteiger partial charge is 0.220 e. The van der Waals surface area contributed by atoms with Crippen molar-refractivity contribution < 1.29 is 4.79 Å². The van der Waals surface area contributed by atoms with Gasteiger partial charge in [-0.15, -0.1) is 12.3 Å². The monoisotopic (exact) mass is 244 g/mol. The van der Waals surface area contributed by atoms with Crippen molar-refractivity contribution in [3.63, 3.8) is 0 Å². The molecule has 0 aliphatic heterocycles. The minimum atomic E-state index is 0.0816. The Kier molecular flexibility index (Phi) is 6.42. The van der Waals surface area contributed by atoms with E-state index in [1.54, 1.807) is 0 Å². The molecule has 1 aromatic rings. The molecule has 0 aliphatic rings. The van der Waals surface area contributed by atoms with Crippen LogP contribution in [-0.2, 0) is 11.2 Å². The second-order valence-corrected chi connectivity index (χ2v) is 4.26. The van der Waals surface area contributed by atoms with Gasteiger partial charge in [0.05, 0.1) is 0 Å². The van der Waals surface area contributed by atoms with Crippen molar-refractivity contribution in [3.8, 4) is 12.3 Å². The average Bonchev–Trinajstić information content (AvgIpc) is 2.36. The molecular weight excluding hydrogens is 224 g/mol. The third-order valence-corrected chi connectivity index (χ3v) is 2.66. The molecular formula is C15H20N2O. The molecule has 3 heteroatoms. The number of unbranched alkanes of at least 4 members (excludes halogenated alkanes) is 2. The largest absolute Gasteiger partial charge is 0.399 e. The van der Waals surface area contributed by atoms with Gasteiger partial charge in [0.1, 0.15) is 0 Å². The second-order valence-electron chi connectivity index (χ2n) is 4.26. The van der Waals surface area contributed by atoms with E-state index < -0.39 is 0 Å². The third-order valence-electron chi connectivity index (χ3n) is 2.66. The molecule has 0 radical (unpaired) electrons. The van der Waals surface area contributed by atoms with Crippen LogP contribution in [0.5, 0.6) is 0 Å². The van der Waals surface area contributed by atoms with Crippen molar-refractivity contribution in [1.29, 1.82) is 0 Å². The van der Waals surface area contributed by atoms with Crippen LogP contribution >= 0.6 is 0 Å². The predicted octanol–water partition coefficient (Wildman–Crippen LogP) is 2.12. The van der Waals surface area contributed by atoms with Gasteiger partial charge in [-0.05, 0) is 37.0 Å². The molecule has 0 unspecified atom stereocenters.